The molecule has 0 aliphatic carbocycles. The highest BCUT2D eigenvalue weighted by Crippen LogP contribution is 2.22. The van der Waals surface area contributed by atoms with Crippen molar-refractivity contribution in [2.45, 2.75) is 12.5 Å². The Kier molecular flexibility index (Phi) is 6.51. The van der Waals surface area contributed by atoms with Gasteiger partial charge >= 0.3 is 0 Å². The maximum absolute atomic E-state index is 11.7. The van der Waals surface area contributed by atoms with E-state index in [1.807, 2.05) is 6.07 Å². The van der Waals surface area contributed by atoms with Crippen LogP contribution >= 0.6 is 0 Å². The van der Waals surface area contributed by atoms with Crippen molar-refractivity contribution in [3.05, 3.63) is 54.0 Å². The van der Waals surface area contributed by atoms with Gasteiger partial charge in [-0.15, -0.1) is 0 Å². The van der Waals surface area contributed by atoms with Crippen LogP contribution in [0, 0.1) is 23.2 Å². The molecular weight excluding hydrogens is 382 g/mol. The van der Waals surface area contributed by atoms with Gasteiger partial charge in [0, 0.05) is 30.8 Å². The van der Waals surface area contributed by atoms with Gasteiger partial charge in [0.25, 0.3) is 0 Å². The number of carbonyl (C=O) groups is 1. The molecule has 0 spiro atoms. The molecule has 0 bridgehead atoms. The highest BCUT2D eigenvalue weighted by atomic mass is 16.5. The van der Waals surface area contributed by atoms with Crippen molar-refractivity contribution in [1.29, 1.82) is 5.26 Å². The molecule has 3 rings (SSSR count). The van der Waals surface area contributed by atoms with Crippen molar-refractivity contribution in [1.82, 2.24) is 14.9 Å². The molecule has 1 fully saturated rings. The summed E-state index contributed by atoms with van der Waals surface area (Å²) in [4.78, 5) is 22.1. The minimum absolute atomic E-state index is 0.0413. The van der Waals surface area contributed by atoms with Crippen molar-refractivity contribution < 1.29 is 14.3 Å². The molecule has 2 aromatic rings. The second-order valence-electron chi connectivity index (χ2n) is 6.53. The first-order valence-electron chi connectivity index (χ1n) is 9.26. The maximum Gasteiger partial charge on any atom is 0.246 e. The molecule has 1 atom stereocenters. The van der Waals surface area contributed by atoms with Crippen LogP contribution in [0.5, 0.6) is 11.5 Å². The monoisotopic (exact) mass is 403 g/mol. The predicted octanol–water partition coefficient (Wildman–Crippen LogP) is 1.96. The molecule has 0 unspecified atom stereocenters. The summed E-state index contributed by atoms with van der Waals surface area (Å²) in [5.74, 6) is 7.52. The van der Waals surface area contributed by atoms with Crippen LogP contribution in [-0.4, -0.2) is 54.1 Å². The third-order valence-electron chi connectivity index (χ3n) is 4.58. The Labute approximate surface area is 175 Å². The van der Waals surface area contributed by atoms with Gasteiger partial charge in [-0.2, -0.15) is 5.26 Å². The molecule has 8 heteroatoms. The summed E-state index contributed by atoms with van der Waals surface area (Å²) < 4.78 is 10.5. The Morgan fingerprint density at radius 2 is 2.00 bits per heavy atom. The van der Waals surface area contributed by atoms with Gasteiger partial charge in [0.2, 0.25) is 5.91 Å². The van der Waals surface area contributed by atoms with Crippen molar-refractivity contribution >= 4 is 11.7 Å². The number of carbonyl (C=O) groups excluding carboxylic acids is 1. The highest BCUT2D eigenvalue weighted by Gasteiger charge is 2.25. The molecule has 1 N–H and O–H groups in total. The van der Waals surface area contributed by atoms with Crippen LogP contribution in [0.2, 0.25) is 0 Å². The Morgan fingerprint density at radius 1 is 1.27 bits per heavy atom. The van der Waals surface area contributed by atoms with Gasteiger partial charge in [-0.25, -0.2) is 9.97 Å². The summed E-state index contributed by atoms with van der Waals surface area (Å²) >= 11 is 0. The second kappa shape index (κ2) is 9.44. The Bertz CT molecular complexity index is 1040. The third-order valence-corrected chi connectivity index (χ3v) is 4.58. The minimum Gasteiger partial charge on any atom is -0.497 e. The van der Waals surface area contributed by atoms with Crippen molar-refractivity contribution in [2.24, 2.45) is 0 Å². The van der Waals surface area contributed by atoms with Crippen LogP contribution < -0.4 is 14.8 Å². The zero-order chi connectivity index (χ0) is 21.5. The van der Waals surface area contributed by atoms with E-state index in [-0.39, 0.29) is 23.3 Å². The van der Waals surface area contributed by atoms with Crippen LogP contribution in [0.3, 0.4) is 0 Å². The fourth-order valence-corrected chi connectivity index (χ4v) is 3.06. The molecule has 0 saturated carbocycles. The number of benzene rings is 1. The smallest absolute Gasteiger partial charge is 0.246 e. The zero-order valence-electron chi connectivity index (χ0n) is 16.8. The standard InChI is InChI=1S/C22H21N5O3/c1-4-22(28)27-8-7-16(14-27)25-21-13-24-20(12-23)19(26-21)6-5-15-9-17(29-2)11-18(10-15)30-3/h4,9-11,13,16H,1,7-8,14H2,2-3H3,(H,25,26)/t16-/m0/s1. The average Bonchev–Trinajstić information content (AvgIpc) is 3.25. The molecule has 30 heavy (non-hydrogen) atoms. The summed E-state index contributed by atoms with van der Waals surface area (Å²) in [6.45, 7) is 4.72. The largest absolute Gasteiger partial charge is 0.497 e. The van der Waals surface area contributed by atoms with Crippen molar-refractivity contribution in [3.63, 3.8) is 0 Å². The van der Waals surface area contributed by atoms with E-state index in [1.54, 1.807) is 37.3 Å². The van der Waals surface area contributed by atoms with Gasteiger partial charge in [-0.3, -0.25) is 4.79 Å². The molecule has 8 nitrogen and oxygen atoms in total. The lowest BCUT2D eigenvalue weighted by Gasteiger charge is -2.15. The van der Waals surface area contributed by atoms with E-state index >= 15 is 0 Å². The van der Waals surface area contributed by atoms with Gasteiger partial charge < -0.3 is 19.7 Å². The number of nitriles is 1. The molecule has 1 aromatic heterocycles. The first-order chi connectivity index (χ1) is 14.6. The normalized spacial score (nSPS) is 14.8. The molecule has 152 valence electrons. The number of ether oxygens (including phenoxy) is 2. The Hall–Kier alpha value is -4.04. The number of anilines is 1. The first kappa shape index (κ1) is 20.7. The van der Waals surface area contributed by atoms with Crippen molar-refractivity contribution in [2.75, 3.05) is 32.6 Å². The van der Waals surface area contributed by atoms with E-state index in [1.165, 1.54) is 12.3 Å². The first-order valence-corrected chi connectivity index (χ1v) is 9.26. The van der Waals surface area contributed by atoms with Gasteiger partial charge in [-0.1, -0.05) is 12.5 Å². The second-order valence-corrected chi connectivity index (χ2v) is 6.53. The number of likely N-dealkylation sites (tertiary alicyclic amines) is 1. The topological polar surface area (TPSA) is 100 Å². The Morgan fingerprint density at radius 3 is 2.63 bits per heavy atom. The van der Waals surface area contributed by atoms with Gasteiger partial charge in [0.15, 0.2) is 11.4 Å². The number of nitrogens with one attached hydrogen (secondary N) is 1. The van der Waals surface area contributed by atoms with Gasteiger partial charge in [0.1, 0.15) is 23.4 Å². The molecule has 1 aromatic carbocycles. The third kappa shape index (κ3) is 4.86. The molecule has 2 heterocycles. The SMILES string of the molecule is C=CC(=O)N1CC[C@H](Nc2cnc(C#N)c(C#Cc3cc(OC)cc(OC)c3)n2)C1. The van der Waals surface area contributed by atoms with E-state index in [0.29, 0.717) is 36.0 Å². The van der Waals surface area contributed by atoms with E-state index in [9.17, 15) is 10.1 Å². The zero-order valence-corrected chi connectivity index (χ0v) is 16.8. The summed E-state index contributed by atoms with van der Waals surface area (Å²) in [7, 11) is 3.13. The number of hydrogen-bond donors (Lipinski definition) is 1. The average molecular weight is 403 g/mol. The molecule has 1 amide bonds. The number of nitrogens with zero attached hydrogens (tertiary/aromatic N) is 4. The summed E-state index contributed by atoms with van der Waals surface area (Å²) in [6, 6.07) is 7.33. The lowest BCUT2D eigenvalue weighted by atomic mass is 10.2. The summed E-state index contributed by atoms with van der Waals surface area (Å²) in [5.41, 5.74) is 1.06. The van der Waals surface area contributed by atoms with Crippen LogP contribution in [0.25, 0.3) is 0 Å². The molecule has 1 aliphatic heterocycles. The van der Waals surface area contributed by atoms with Crippen molar-refractivity contribution in [3.8, 4) is 29.4 Å². The van der Waals surface area contributed by atoms with E-state index < -0.39 is 0 Å². The Balaban J connectivity index is 1.82. The molecule has 1 saturated heterocycles. The number of aromatic nitrogens is 2. The molecular formula is C22H21N5O3. The fraction of sp³-hybridized carbons (Fsp3) is 0.273. The molecule has 0 radical (unpaired) electrons. The van der Waals surface area contributed by atoms with Gasteiger partial charge in [0.05, 0.1) is 20.4 Å². The lowest BCUT2D eigenvalue weighted by Crippen LogP contribution is -2.30. The fourth-order valence-electron chi connectivity index (χ4n) is 3.06. The quantitative estimate of drug-likeness (QED) is 0.602. The number of rotatable bonds is 5. The van der Waals surface area contributed by atoms with E-state index in [0.717, 1.165) is 6.42 Å². The minimum atomic E-state index is -0.0921. The molecule has 1 aliphatic rings. The van der Waals surface area contributed by atoms with E-state index in [4.69, 9.17) is 9.47 Å². The number of amides is 1. The van der Waals surface area contributed by atoms with E-state index in [2.05, 4.69) is 33.7 Å². The predicted molar refractivity (Wildman–Crippen MR) is 111 cm³/mol. The maximum atomic E-state index is 11.7. The number of methoxy groups -OCH3 is 2. The van der Waals surface area contributed by atoms with Crippen LogP contribution in [0.4, 0.5) is 5.82 Å². The van der Waals surface area contributed by atoms with Crippen LogP contribution in [0.1, 0.15) is 23.4 Å². The van der Waals surface area contributed by atoms with Crippen LogP contribution in [0.15, 0.2) is 37.1 Å². The lowest BCUT2D eigenvalue weighted by molar-refractivity contribution is -0.125. The highest BCUT2D eigenvalue weighted by molar-refractivity contribution is 5.87. The number of hydrogen-bond acceptors (Lipinski definition) is 7. The summed E-state index contributed by atoms with van der Waals surface area (Å²) in [6.07, 6.45) is 3.59. The summed E-state index contributed by atoms with van der Waals surface area (Å²) in [5, 5.41) is 12.6. The van der Waals surface area contributed by atoms with Gasteiger partial charge in [-0.05, 0) is 30.6 Å². The van der Waals surface area contributed by atoms with Crippen LogP contribution in [-0.2, 0) is 4.79 Å².